The van der Waals surface area contributed by atoms with E-state index in [9.17, 15) is 24.9 Å². The third kappa shape index (κ3) is 9.26. The smallest absolute Gasteiger partial charge is 0.410 e. The van der Waals surface area contributed by atoms with Gasteiger partial charge in [-0.15, -0.1) is 0 Å². The van der Waals surface area contributed by atoms with Crippen molar-refractivity contribution in [2.75, 3.05) is 40.9 Å². The molecule has 334 valence electrons. The molecule has 2 bridgehead atoms. The van der Waals surface area contributed by atoms with E-state index in [-0.39, 0.29) is 37.0 Å². The van der Waals surface area contributed by atoms with Crippen molar-refractivity contribution in [2.24, 2.45) is 28.7 Å². The van der Waals surface area contributed by atoms with E-state index < -0.39 is 102 Å². The lowest BCUT2D eigenvalue weighted by Crippen LogP contribution is -2.61. The van der Waals surface area contributed by atoms with Gasteiger partial charge in [-0.3, -0.25) is 14.7 Å². The number of amides is 1. The number of aliphatic imine (C=N–C) groups is 1. The van der Waals surface area contributed by atoms with Crippen LogP contribution in [0, 0.1) is 23.7 Å². The Morgan fingerprint density at radius 2 is 1.64 bits per heavy atom. The van der Waals surface area contributed by atoms with E-state index in [1.165, 1.54) is 7.11 Å². The van der Waals surface area contributed by atoms with Crippen LogP contribution in [0.3, 0.4) is 0 Å². The molecule has 16 heteroatoms. The molecule has 4 fully saturated rings. The summed E-state index contributed by atoms with van der Waals surface area (Å²) < 4.78 is 51.6. The normalized spacial score (nSPS) is 47.4. The van der Waals surface area contributed by atoms with Gasteiger partial charge in [-0.05, 0) is 88.2 Å². The zero-order valence-corrected chi connectivity index (χ0v) is 37.2. The lowest BCUT2D eigenvalue weighted by molar-refractivity contribution is -0.321. The number of methoxy groups -OCH3 is 1. The first kappa shape index (κ1) is 47.1. The van der Waals surface area contributed by atoms with Crippen LogP contribution in [-0.2, 0) is 42.7 Å². The van der Waals surface area contributed by atoms with Gasteiger partial charge in [0.25, 0.3) is 0 Å². The molecule has 5 heterocycles. The Kier molecular flexibility index (Phi) is 14.7. The van der Waals surface area contributed by atoms with Gasteiger partial charge in [0.15, 0.2) is 18.2 Å². The third-order valence-electron chi connectivity index (χ3n) is 13.8. The highest BCUT2D eigenvalue weighted by molar-refractivity contribution is 5.91. The monoisotopic (exact) mass is 828 g/mol. The van der Waals surface area contributed by atoms with Gasteiger partial charge in [-0.1, -0.05) is 20.8 Å². The van der Waals surface area contributed by atoms with Gasteiger partial charge in [0.1, 0.15) is 18.3 Å². The summed E-state index contributed by atoms with van der Waals surface area (Å²) in [6, 6.07) is -0.781. The van der Waals surface area contributed by atoms with Crippen LogP contribution in [0.25, 0.3) is 0 Å². The summed E-state index contributed by atoms with van der Waals surface area (Å²) in [5, 5.41) is 33.6. The van der Waals surface area contributed by atoms with Crippen LogP contribution < -0.4 is 0 Å². The summed E-state index contributed by atoms with van der Waals surface area (Å²) in [5.41, 5.74) is -2.62. The fourth-order valence-corrected chi connectivity index (χ4v) is 10.3. The summed E-state index contributed by atoms with van der Waals surface area (Å²) in [6.07, 6.45) is -8.02. The van der Waals surface area contributed by atoms with E-state index in [1.54, 1.807) is 39.5 Å². The standard InChI is InChI=1S/C42H73N3O13/c1-21-18-41(10,52-20-22(2)46)36(57-38-32(47)29(44(12)13)17-23(3)53-38)25(5)33(56-30-19-40(9,51-14)35(48)27(7)54-30)26(6)37(49)55-28(8)42(11)34-24(4)31(21)43-15-16-45(34)39(50)58-42/h21-30,32-36,38,46-48H,15-20H2,1-14H3/t21-,22?,23+,24-,25+,26-,27+,28+,29-,30+,32?,33+,34-,35+,36-,38-,40-,41+,42-/m1/s1. The van der Waals surface area contributed by atoms with Gasteiger partial charge in [-0.2, -0.15) is 0 Å². The first-order valence-corrected chi connectivity index (χ1v) is 21.2. The molecule has 0 aromatic heterocycles. The number of ether oxygens (including phenoxy) is 8. The minimum absolute atomic E-state index is 0.0482. The maximum absolute atomic E-state index is 14.6. The molecule has 0 aromatic carbocycles. The first-order chi connectivity index (χ1) is 27.0. The minimum atomic E-state index is -1.23. The third-order valence-corrected chi connectivity index (χ3v) is 13.8. The molecular formula is C42H73N3O13. The Morgan fingerprint density at radius 1 is 0.966 bits per heavy atom. The SMILES string of the molecule is CO[C@]1(C)C[C@H](O[C@H]2[C@H](C)[C@@H](O[C@H]3O[C@@H](C)C[C@@H](N(C)C)C3O)[C@@](C)(OCC(C)O)C[C@@H](C)C3=NCCN4C(=O)O[C@](C)([C@H](C)OC(=O)[C@@H]2C)[C@H]4[C@@H]3C)O[C@@H](C)[C@@H]1O. The molecule has 0 aliphatic carbocycles. The van der Waals surface area contributed by atoms with Gasteiger partial charge in [-0.25, -0.2) is 4.79 Å². The summed E-state index contributed by atoms with van der Waals surface area (Å²) >= 11 is 0. The number of aliphatic hydroxyl groups excluding tert-OH is 3. The average Bonchev–Trinajstić information content (AvgIpc) is 3.28. The molecule has 5 rings (SSSR count). The molecule has 0 aromatic rings. The molecule has 4 saturated heterocycles. The van der Waals surface area contributed by atoms with Crippen molar-refractivity contribution in [3.8, 4) is 0 Å². The lowest BCUT2D eigenvalue weighted by Gasteiger charge is -2.50. The van der Waals surface area contributed by atoms with Crippen molar-refractivity contribution in [2.45, 2.75) is 186 Å². The topological polar surface area (TPSA) is 188 Å². The number of fused-ring (bicyclic) bond motifs is 1. The zero-order chi connectivity index (χ0) is 43.2. The number of rotatable bonds is 9. The van der Waals surface area contributed by atoms with E-state index >= 15 is 0 Å². The second-order valence-corrected chi connectivity index (χ2v) is 18.8. The van der Waals surface area contributed by atoms with E-state index in [1.807, 2.05) is 53.6 Å². The van der Waals surface area contributed by atoms with Crippen LogP contribution in [0.5, 0.6) is 0 Å². The average molecular weight is 828 g/mol. The van der Waals surface area contributed by atoms with Crippen LogP contribution >= 0.6 is 0 Å². The molecule has 19 atom stereocenters. The Bertz CT molecular complexity index is 1470. The number of carbonyl (C=O) groups is 2. The number of hydrogen-bond acceptors (Lipinski definition) is 15. The molecule has 58 heavy (non-hydrogen) atoms. The van der Waals surface area contributed by atoms with Crippen molar-refractivity contribution in [3.05, 3.63) is 0 Å². The largest absolute Gasteiger partial charge is 0.458 e. The molecule has 2 unspecified atom stereocenters. The molecule has 5 aliphatic rings. The highest BCUT2D eigenvalue weighted by Crippen LogP contribution is 2.45. The second-order valence-electron chi connectivity index (χ2n) is 18.8. The van der Waals surface area contributed by atoms with Crippen molar-refractivity contribution >= 4 is 17.8 Å². The van der Waals surface area contributed by atoms with Crippen molar-refractivity contribution < 1.29 is 62.8 Å². The van der Waals surface area contributed by atoms with Gasteiger partial charge >= 0.3 is 12.1 Å². The first-order valence-electron chi connectivity index (χ1n) is 21.2. The van der Waals surface area contributed by atoms with Gasteiger partial charge in [0.2, 0.25) is 0 Å². The molecule has 1 amide bonds. The Morgan fingerprint density at radius 3 is 2.26 bits per heavy atom. The minimum Gasteiger partial charge on any atom is -0.458 e. The molecule has 16 nitrogen and oxygen atoms in total. The van der Waals surface area contributed by atoms with Crippen LogP contribution in [-0.4, -0.2) is 174 Å². The molecule has 0 saturated carbocycles. The van der Waals surface area contributed by atoms with Crippen molar-refractivity contribution in [1.29, 1.82) is 0 Å². The predicted molar refractivity (Wildman–Crippen MR) is 213 cm³/mol. The van der Waals surface area contributed by atoms with Crippen LogP contribution in [0.15, 0.2) is 4.99 Å². The van der Waals surface area contributed by atoms with E-state index in [2.05, 4.69) is 6.92 Å². The number of aliphatic hydroxyl groups is 3. The highest BCUT2D eigenvalue weighted by atomic mass is 16.7. The summed E-state index contributed by atoms with van der Waals surface area (Å²) in [7, 11) is 5.34. The summed E-state index contributed by atoms with van der Waals surface area (Å²) in [4.78, 5) is 36.8. The quantitative estimate of drug-likeness (QED) is 0.288. The fourth-order valence-electron chi connectivity index (χ4n) is 10.3. The van der Waals surface area contributed by atoms with Gasteiger partial charge < -0.3 is 58.1 Å². The number of carbonyl (C=O) groups excluding carboxylic acids is 2. The number of hydrogen-bond donors (Lipinski definition) is 3. The van der Waals surface area contributed by atoms with Crippen LogP contribution in [0.4, 0.5) is 4.79 Å². The summed E-state index contributed by atoms with van der Waals surface area (Å²) in [6.45, 7) is 21.0. The fraction of sp³-hybridized carbons (Fsp3) is 0.929. The van der Waals surface area contributed by atoms with E-state index in [0.717, 1.165) is 5.71 Å². The van der Waals surface area contributed by atoms with Gasteiger partial charge in [0, 0.05) is 43.7 Å². The lowest BCUT2D eigenvalue weighted by atomic mass is 9.73. The maximum atomic E-state index is 14.6. The Hall–Kier alpha value is -1.99. The summed E-state index contributed by atoms with van der Waals surface area (Å²) in [5.74, 6) is -2.81. The maximum Gasteiger partial charge on any atom is 0.410 e. The zero-order valence-electron chi connectivity index (χ0n) is 37.2. The Labute approximate surface area is 345 Å². The van der Waals surface area contributed by atoms with Crippen molar-refractivity contribution in [1.82, 2.24) is 9.80 Å². The Balaban J connectivity index is 1.68. The van der Waals surface area contributed by atoms with Crippen LogP contribution in [0.1, 0.15) is 95.4 Å². The predicted octanol–water partition coefficient (Wildman–Crippen LogP) is 3.15. The molecule has 0 radical (unpaired) electrons. The van der Waals surface area contributed by atoms with E-state index in [0.29, 0.717) is 25.9 Å². The number of nitrogens with zero attached hydrogens (tertiary/aromatic N) is 3. The number of likely N-dealkylation sites (N-methyl/N-ethyl adjacent to an activating group) is 1. The van der Waals surface area contributed by atoms with Crippen molar-refractivity contribution in [3.63, 3.8) is 0 Å². The second kappa shape index (κ2) is 18.2. The van der Waals surface area contributed by atoms with E-state index in [4.69, 9.17) is 42.9 Å². The molecule has 5 aliphatic heterocycles. The molecular weight excluding hydrogens is 754 g/mol. The number of esters is 1. The van der Waals surface area contributed by atoms with Gasteiger partial charge in [0.05, 0.1) is 66.8 Å². The number of cyclic esters (lactones) is 1. The molecule has 0 spiro atoms. The van der Waals surface area contributed by atoms with Crippen LogP contribution in [0.2, 0.25) is 0 Å². The highest BCUT2D eigenvalue weighted by Gasteiger charge is 2.60. The molecule has 3 N–H and O–H groups in total.